The van der Waals surface area contributed by atoms with E-state index in [1.165, 1.54) is 13.0 Å². The fourth-order valence-corrected chi connectivity index (χ4v) is 1.09. The minimum atomic E-state index is -1.11. The number of carboxylic acids is 1. The van der Waals surface area contributed by atoms with E-state index in [2.05, 4.69) is 26.6 Å². The number of urea groups is 1. The molecule has 15 heavy (non-hydrogen) atoms. The fourth-order valence-electron chi connectivity index (χ4n) is 0.788. The summed E-state index contributed by atoms with van der Waals surface area (Å²) in [6.45, 7) is 1.36. The van der Waals surface area contributed by atoms with Gasteiger partial charge in [-0.3, -0.25) is 10.1 Å². The number of aliphatic carboxylic acids is 1. The first-order chi connectivity index (χ1) is 6.99. The van der Waals surface area contributed by atoms with Gasteiger partial charge in [0.15, 0.2) is 4.67 Å². The maximum absolute atomic E-state index is 11.2. The second kappa shape index (κ2) is 4.83. The number of carbonyl (C=O) groups excluding carboxylic acids is 1. The molecule has 1 unspecified atom stereocenters. The van der Waals surface area contributed by atoms with Gasteiger partial charge in [0.05, 0.1) is 0 Å². The lowest BCUT2D eigenvalue weighted by molar-refractivity contribution is -0.138. The number of amides is 2. The molecule has 7 heteroatoms. The van der Waals surface area contributed by atoms with Gasteiger partial charge in [-0.15, -0.1) is 0 Å². The predicted molar refractivity (Wildman–Crippen MR) is 55.7 cm³/mol. The van der Waals surface area contributed by atoms with Crippen molar-refractivity contribution in [2.45, 2.75) is 13.0 Å². The Balaban J connectivity index is 2.46. The third kappa shape index (κ3) is 3.62. The van der Waals surface area contributed by atoms with Gasteiger partial charge in [-0.25, -0.2) is 4.79 Å². The largest absolute Gasteiger partial charge is 0.480 e. The maximum Gasteiger partial charge on any atom is 0.325 e. The molecule has 1 aromatic heterocycles. The molecule has 0 saturated carbocycles. The van der Waals surface area contributed by atoms with Crippen molar-refractivity contribution in [1.29, 1.82) is 0 Å². The predicted octanol–water partition coefficient (Wildman–Crippen LogP) is 1.64. The summed E-state index contributed by atoms with van der Waals surface area (Å²) in [5.74, 6) is -0.872. The molecule has 1 atom stereocenters. The number of carboxylic acid groups (broad SMARTS) is 1. The first kappa shape index (κ1) is 11.6. The van der Waals surface area contributed by atoms with Crippen LogP contribution in [-0.4, -0.2) is 23.1 Å². The van der Waals surface area contributed by atoms with Crippen LogP contribution in [0.15, 0.2) is 21.2 Å². The highest BCUT2D eigenvalue weighted by Crippen LogP contribution is 2.17. The van der Waals surface area contributed by atoms with Gasteiger partial charge < -0.3 is 14.8 Å². The lowest BCUT2D eigenvalue weighted by Gasteiger charge is -2.08. The summed E-state index contributed by atoms with van der Waals surface area (Å²) >= 11 is 3.06. The molecule has 1 heterocycles. The van der Waals surface area contributed by atoms with E-state index >= 15 is 0 Å². The van der Waals surface area contributed by atoms with Gasteiger partial charge in [-0.1, -0.05) is 0 Å². The van der Waals surface area contributed by atoms with Crippen molar-refractivity contribution in [3.05, 3.63) is 16.8 Å². The fraction of sp³-hybridized carbons (Fsp3) is 0.250. The molecule has 1 aromatic rings. The minimum absolute atomic E-state index is 0.233. The summed E-state index contributed by atoms with van der Waals surface area (Å²) in [5.41, 5.74) is 0. The smallest absolute Gasteiger partial charge is 0.325 e. The summed E-state index contributed by atoms with van der Waals surface area (Å²) < 4.78 is 5.47. The van der Waals surface area contributed by atoms with E-state index < -0.39 is 18.0 Å². The molecule has 0 aromatic carbocycles. The number of rotatable bonds is 3. The average Bonchev–Trinajstić information content (AvgIpc) is 2.50. The van der Waals surface area contributed by atoms with E-state index in [9.17, 15) is 9.59 Å². The van der Waals surface area contributed by atoms with Crippen molar-refractivity contribution in [3.8, 4) is 0 Å². The Morgan fingerprint density at radius 3 is 2.67 bits per heavy atom. The van der Waals surface area contributed by atoms with E-state index in [0.717, 1.165) is 0 Å². The molecule has 3 N–H and O–H groups in total. The first-order valence-electron chi connectivity index (χ1n) is 4.04. The third-order valence-corrected chi connectivity index (χ3v) is 1.95. The van der Waals surface area contributed by atoms with E-state index in [1.807, 2.05) is 0 Å². The van der Waals surface area contributed by atoms with Crippen LogP contribution >= 0.6 is 15.9 Å². The Hall–Kier alpha value is -1.50. The van der Waals surface area contributed by atoms with Crippen LogP contribution in [0.25, 0.3) is 0 Å². The number of furan rings is 1. The Labute approximate surface area is 93.8 Å². The molecule has 0 bridgehead atoms. The van der Waals surface area contributed by atoms with Gasteiger partial charge in [0.1, 0.15) is 6.04 Å². The Kier molecular flexibility index (Phi) is 3.73. The lowest BCUT2D eigenvalue weighted by atomic mass is 10.3. The standard InChI is InChI=1S/C8H9BrN2O4/c1-4(7(12)13)10-8(14)11-6-3-2-5(9)15-6/h2-4H,1H3,(H,12,13)(H2,10,11,14). The van der Waals surface area contributed by atoms with Gasteiger partial charge in [0.2, 0.25) is 5.88 Å². The highest BCUT2D eigenvalue weighted by Gasteiger charge is 2.14. The van der Waals surface area contributed by atoms with Gasteiger partial charge in [0.25, 0.3) is 0 Å². The van der Waals surface area contributed by atoms with Crippen molar-refractivity contribution in [2.75, 3.05) is 5.32 Å². The Bertz CT molecular complexity index is 376. The van der Waals surface area contributed by atoms with Gasteiger partial charge >= 0.3 is 12.0 Å². The van der Waals surface area contributed by atoms with Crippen LogP contribution in [0.5, 0.6) is 0 Å². The van der Waals surface area contributed by atoms with Crippen molar-refractivity contribution in [3.63, 3.8) is 0 Å². The summed E-state index contributed by atoms with van der Waals surface area (Å²) in [6.07, 6.45) is 0. The zero-order chi connectivity index (χ0) is 11.4. The van der Waals surface area contributed by atoms with Gasteiger partial charge in [-0.05, 0) is 28.9 Å². The van der Waals surface area contributed by atoms with Gasteiger partial charge in [0, 0.05) is 6.07 Å². The number of hydrogen-bond acceptors (Lipinski definition) is 3. The molecule has 0 aliphatic carbocycles. The van der Waals surface area contributed by atoms with Crippen LogP contribution in [0.3, 0.4) is 0 Å². The zero-order valence-corrected chi connectivity index (χ0v) is 9.37. The molecule has 0 fully saturated rings. The monoisotopic (exact) mass is 276 g/mol. The molecule has 1 rings (SSSR count). The molecule has 2 amide bonds. The molecule has 0 saturated heterocycles. The van der Waals surface area contributed by atoms with E-state index in [1.54, 1.807) is 6.07 Å². The lowest BCUT2D eigenvalue weighted by Crippen LogP contribution is -2.40. The summed E-state index contributed by atoms with van der Waals surface area (Å²) in [5, 5.41) is 13.1. The zero-order valence-electron chi connectivity index (χ0n) is 7.78. The quantitative estimate of drug-likeness (QED) is 0.783. The normalized spacial score (nSPS) is 11.9. The second-order valence-corrected chi connectivity index (χ2v) is 3.54. The molecule has 0 aliphatic rings. The van der Waals surface area contributed by atoms with Crippen LogP contribution in [-0.2, 0) is 4.79 Å². The van der Waals surface area contributed by atoms with E-state index in [4.69, 9.17) is 9.52 Å². The topological polar surface area (TPSA) is 91.6 Å². The highest BCUT2D eigenvalue weighted by atomic mass is 79.9. The van der Waals surface area contributed by atoms with Crippen LogP contribution in [0.4, 0.5) is 10.7 Å². The molecule has 0 spiro atoms. The summed E-state index contributed by atoms with van der Waals surface area (Å²) in [6, 6.07) is 1.56. The number of carbonyl (C=O) groups is 2. The number of hydrogen-bond donors (Lipinski definition) is 3. The number of halogens is 1. The van der Waals surface area contributed by atoms with Crippen LogP contribution < -0.4 is 10.6 Å². The molecule has 6 nitrogen and oxygen atoms in total. The Morgan fingerprint density at radius 2 is 2.20 bits per heavy atom. The van der Waals surface area contributed by atoms with Crippen LogP contribution in [0.2, 0.25) is 0 Å². The van der Waals surface area contributed by atoms with E-state index in [-0.39, 0.29) is 5.88 Å². The molecular weight excluding hydrogens is 268 g/mol. The molecular formula is C8H9BrN2O4. The summed E-state index contributed by atoms with van der Waals surface area (Å²) in [4.78, 5) is 21.6. The first-order valence-corrected chi connectivity index (χ1v) is 4.84. The molecule has 0 radical (unpaired) electrons. The van der Waals surface area contributed by atoms with Crippen LogP contribution in [0, 0.1) is 0 Å². The second-order valence-electron chi connectivity index (χ2n) is 2.76. The minimum Gasteiger partial charge on any atom is -0.480 e. The highest BCUT2D eigenvalue weighted by molar-refractivity contribution is 9.10. The third-order valence-electron chi connectivity index (χ3n) is 1.53. The number of nitrogens with one attached hydrogen (secondary N) is 2. The Morgan fingerprint density at radius 1 is 1.53 bits per heavy atom. The molecule has 0 aliphatic heterocycles. The van der Waals surface area contributed by atoms with E-state index in [0.29, 0.717) is 4.67 Å². The van der Waals surface area contributed by atoms with Crippen molar-refractivity contribution in [1.82, 2.24) is 5.32 Å². The average molecular weight is 277 g/mol. The van der Waals surface area contributed by atoms with Crippen molar-refractivity contribution >= 4 is 33.8 Å². The van der Waals surface area contributed by atoms with Crippen LogP contribution in [0.1, 0.15) is 6.92 Å². The van der Waals surface area contributed by atoms with Gasteiger partial charge in [-0.2, -0.15) is 0 Å². The van der Waals surface area contributed by atoms with Crippen molar-refractivity contribution in [2.24, 2.45) is 0 Å². The molecule has 82 valence electrons. The summed E-state index contributed by atoms with van der Waals surface area (Å²) in [7, 11) is 0. The SMILES string of the molecule is CC(NC(=O)Nc1ccc(Br)o1)C(=O)O. The van der Waals surface area contributed by atoms with Crippen molar-refractivity contribution < 1.29 is 19.1 Å². The number of anilines is 1. The maximum atomic E-state index is 11.2.